The number of aliphatic hydroxyl groups is 1. The molecule has 1 aromatic rings. The van der Waals surface area contributed by atoms with E-state index in [1.54, 1.807) is 7.11 Å². The number of ether oxygens (including phenoxy) is 1. The van der Waals surface area contributed by atoms with Crippen molar-refractivity contribution in [3.63, 3.8) is 0 Å². The monoisotopic (exact) mass is 278 g/mol. The number of hydrogen-bond acceptors (Lipinski definition) is 4. The Morgan fingerprint density at radius 3 is 2.85 bits per heavy atom. The summed E-state index contributed by atoms with van der Waals surface area (Å²) in [6, 6.07) is 0.247. The molecule has 0 aromatic carbocycles. The van der Waals surface area contributed by atoms with Crippen LogP contribution in [0.25, 0.3) is 0 Å². The van der Waals surface area contributed by atoms with Crippen LogP contribution in [0, 0.1) is 13.8 Å². The van der Waals surface area contributed by atoms with E-state index in [0.29, 0.717) is 0 Å². The first-order chi connectivity index (χ1) is 9.54. The summed E-state index contributed by atoms with van der Waals surface area (Å²) in [6.07, 6.45) is 5.06. The van der Waals surface area contributed by atoms with Crippen molar-refractivity contribution < 1.29 is 9.84 Å². The van der Waals surface area contributed by atoms with Crippen molar-refractivity contribution in [1.82, 2.24) is 9.88 Å². The summed E-state index contributed by atoms with van der Waals surface area (Å²) in [5.41, 5.74) is 3.24. The van der Waals surface area contributed by atoms with Gasteiger partial charge in [0.2, 0.25) is 0 Å². The molecule has 4 heteroatoms. The molecule has 1 saturated heterocycles. The lowest BCUT2D eigenvalue weighted by atomic mass is 9.97. The molecule has 4 nitrogen and oxygen atoms in total. The maximum atomic E-state index is 9.95. The second kappa shape index (κ2) is 6.55. The Labute approximate surface area is 121 Å². The van der Waals surface area contributed by atoms with Gasteiger partial charge in [-0.05, 0) is 40.2 Å². The number of rotatable bonds is 4. The normalized spacial score (nSPS) is 21.8. The van der Waals surface area contributed by atoms with Gasteiger partial charge in [0.05, 0.1) is 18.9 Å². The number of pyridine rings is 1. The van der Waals surface area contributed by atoms with Gasteiger partial charge in [0.25, 0.3) is 0 Å². The van der Waals surface area contributed by atoms with Gasteiger partial charge in [-0.3, -0.25) is 9.88 Å². The van der Waals surface area contributed by atoms with Crippen LogP contribution in [0.1, 0.15) is 43.0 Å². The number of methoxy groups -OCH3 is 1. The van der Waals surface area contributed by atoms with Crippen LogP contribution in [0.4, 0.5) is 0 Å². The van der Waals surface area contributed by atoms with Crippen molar-refractivity contribution >= 4 is 0 Å². The van der Waals surface area contributed by atoms with Crippen molar-refractivity contribution in [2.45, 2.75) is 58.7 Å². The van der Waals surface area contributed by atoms with Crippen molar-refractivity contribution in [2.24, 2.45) is 0 Å². The Morgan fingerprint density at radius 1 is 1.45 bits per heavy atom. The zero-order valence-electron chi connectivity index (χ0n) is 13.0. The van der Waals surface area contributed by atoms with Gasteiger partial charge in [-0.25, -0.2) is 0 Å². The smallest absolute Gasteiger partial charge is 0.128 e. The van der Waals surface area contributed by atoms with E-state index in [9.17, 15) is 5.11 Å². The largest absolute Gasteiger partial charge is 0.496 e. The van der Waals surface area contributed by atoms with E-state index in [1.165, 1.54) is 12.8 Å². The summed E-state index contributed by atoms with van der Waals surface area (Å²) >= 11 is 0. The third-order valence-corrected chi connectivity index (χ3v) is 4.32. The Kier molecular flexibility index (Phi) is 5.00. The van der Waals surface area contributed by atoms with Gasteiger partial charge in [-0.2, -0.15) is 0 Å². The van der Waals surface area contributed by atoms with E-state index in [2.05, 4.69) is 16.8 Å². The average Bonchev–Trinajstić information content (AvgIpc) is 2.43. The fourth-order valence-electron chi connectivity index (χ4n) is 3.18. The molecule has 1 N–H and O–H groups in total. The number of hydrogen-bond donors (Lipinski definition) is 1. The van der Waals surface area contributed by atoms with Crippen LogP contribution in [0.15, 0.2) is 6.20 Å². The third-order valence-electron chi connectivity index (χ3n) is 4.32. The van der Waals surface area contributed by atoms with Gasteiger partial charge in [-0.1, -0.05) is 6.42 Å². The summed E-state index contributed by atoms with van der Waals surface area (Å²) in [5, 5.41) is 9.95. The first kappa shape index (κ1) is 15.3. The van der Waals surface area contributed by atoms with Crippen LogP contribution < -0.4 is 4.74 Å². The molecular weight excluding hydrogens is 252 g/mol. The Hall–Kier alpha value is -1.13. The topological polar surface area (TPSA) is 45.6 Å². The molecule has 0 aliphatic carbocycles. The van der Waals surface area contributed by atoms with Gasteiger partial charge in [-0.15, -0.1) is 0 Å². The molecule has 1 aliphatic heterocycles. The molecule has 1 aromatic heterocycles. The number of piperidine rings is 1. The van der Waals surface area contributed by atoms with E-state index >= 15 is 0 Å². The molecule has 0 unspecified atom stereocenters. The average molecular weight is 278 g/mol. The summed E-state index contributed by atoms with van der Waals surface area (Å²) in [5.74, 6) is 0.931. The maximum absolute atomic E-state index is 9.95. The standard InChI is InChI=1S/C16H26N2O2/c1-11-9-17-14(12(2)16(11)20-4)10-18-8-6-5-7-15(18)13(3)19/h9,13,15,19H,5-8,10H2,1-4H3/t13-,15+/m1/s1. The number of likely N-dealkylation sites (tertiary alicyclic amines) is 1. The third kappa shape index (κ3) is 3.13. The summed E-state index contributed by atoms with van der Waals surface area (Å²) in [4.78, 5) is 6.93. The molecule has 0 bridgehead atoms. The molecule has 2 heterocycles. The molecule has 1 fully saturated rings. The van der Waals surface area contributed by atoms with Gasteiger partial charge < -0.3 is 9.84 Å². The summed E-state index contributed by atoms with van der Waals surface area (Å²) in [6.45, 7) is 7.79. The van der Waals surface area contributed by atoms with Crippen molar-refractivity contribution in [2.75, 3.05) is 13.7 Å². The van der Waals surface area contributed by atoms with Crippen molar-refractivity contribution in [1.29, 1.82) is 0 Å². The summed E-state index contributed by atoms with van der Waals surface area (Å²) < 4.78 is 5.47. The Morgan fingerprint density at radius 2 is 2.20 bits per heavy atom. The molecule has 2 atom stereocenters. The maximum Gasteiger partial charge on any atom is 0.128 e. The highest BCUT2D eigenvalue weighted by Gasteiger charge is 2.27. The summed E-state index contributed by atoms with van der Waals surface area (Å²) in [7, 11) is 1.71. The van der Waals surface area contributed by atoms with Crippen LogP contribution in [0.5, 0.6) is 5.75 Å². The second-order valence-corrected chi connectivity index (χ2v) is 5.82. The number of nitrogens with zero attached hydrogens (tertiary/aromatic N) is 2. The molecular formula is C16H26N2O2. The Balaban J connectivity index is 2.20. The minimum absolute atomic E-state index is 0.247. The Bertz CT molecular complexity index is 460. The fraction of sp³-hybridized carbons (Fsp3) is 0.688. The van der Waals surface area contributed by atoms with Gasteiger partial charge in [0.1, 0.15) is 5.75 Å². The van der Waals surface area contributed by atoms with Crippen LogP contribution in [0.2, 0.25) is 0 Å². The highest BCUT2D eigenvalue weighted by Crippen LogP contribution is 2.27. The van der Waals surface area contributed by atoms with Crippen LogP contribution in [0.3, 0.4) is 0 Å². The van der Waals surface area contributed by atoms with Crippen LogP contribution >= 0.6 is 0 Å². The molecule has 112 valence electrons. The van der Waals surface area contributed by atoms with Crippen molar-refractivity contribution in [3.05, 3.63) is 23.0 Å². The molecule has 0 saturated carbocycles. The first-order valence-corrected chi connectivity index (χ1v) is 7.45. The molecule has 0 radical (unpaired) electrons. The van der Waals surface area contributed by atoms with Gasteiger partial charge >= 0.3 is 0 Å². The van der Waals surface area contributed by atoms with Crippen molar-refractivity contribution in [3.8, 4) is 5.75 Å². The number of aliphatic hydroxyl groups excluding tert-OH is 1. The zero-order valence-corrected chi connectivity index (χ0v) is 13.0. The molecule has 1 aliphatic rings. The highest BCUT2D eigenvalue weighted by molar-refractivity contribution is 5.41. The fourth-order valence-corrected chi connectivity index (χ4v) is 3.18. The lowest BCUT2D eigenvalue weighted by molar-refractivity contribution is 0.0308. The molecule has 2 rings (SSSR count). The van der Waals surface area contributed by atoms with E-state index < -0.39 is 0 Å². The van der Waals surface area contributed by atoms with E-state index in [4.69, 9.17) is 4.74 Å². The predicted molar refractivity (Wildman–Crippen MR) is 80.0 cm³/mol. The minimum Gasteiger partial charge on any atom is -0.496 e. The van der Waals surface area contributed by atoms with Crippen LogP contribution in [-0.2, 0) is 6.54 Å². The van der Waals surface area contributed by atoms with Gasteiger partial charge in [0, 0.05) is 29.9 Å². The molecule has 0 spiro atoms. The van der Waals surface area contributed by atoms with E-state index in [-0.39, 0.29) is 12.1 Å². The number of aryl methyl sites for hydroxylation is 1. The zero-order chi connectivity index (χ0) is 14.7. The second-order valence-electron chi connectivity index (χ2n) is 5.82. The van der Waals surface area contributed by atoms with E-state index in [0.717, 1.165) is 42.1 Å². The SMILES string of the molecule is COc1c(C)cnc(CN2CCCC[C@H]2[C@@H](C)O)c1C. The first-order valence-electron chi connectivity index (χ1n) is 7.45. The minimum atomic E-state index is -0.289. The number of aromatic nitrogens is 1. The lowest BCUT2D eigenvalue weighted by Gasteiger charge is -2.37. The molecule has 20 heavy (non-hydrogen) atoms. The van der Waals surface area contributed by atoms with Crippen LogP contribution in [-0.4, -0.2) is 40.8 Å². The lowest BCUT2D eigenvalue weighted by Crippen LogP contribution is -2.45. The quantitative estimate of drug-likeness (QED) is 0.919. The predicted octanol–water partition coefficient (Wildman–Crippen LogP) is 2.44. The van der Waals surface area contributed by atoms with E-state index in [1.807, 2.05) is 20.0 Å². The highest BCUT2D eigenvalue weighted by atomic mass is 16.5. The molecule has 0 amide bonds. The van der Waals surface area contributed by atoms with Gasteiger partial charge in [0.15, 0.2) is 0 Å².